The number of hydrogen-bond acceptors (Lipinski definition) is 3. The summed E-state index contributed by atoms with van der Waals surface area (Å²) < 4.78 is 4.29. The van der Waals surface area contributed by atoms with E-state index in [1.807, 2.05) is 18.5 Å². The predicted molar refractivity (Wildman–Crippen MR) is 70.9 cm³/mol. The third kappa shape index (κ3) is 1.62. The molecule has 0 spiro atoms. The number of nitrogens with zero attached hydrogens (tertiary/aromatic N) is 2. The Morgan fingerprint density at radius 3 is 2.69 bits per heavy atom. The number of halogens is 2. The first-order valence-electron chi connectivity index (χ1n) is 5.09. The minimum atomic E-state index is 0.219. The van der Waals surface area contributed by atoms with Crippen molar-refractivity contribution in [3.63, 3.8) is 0 Å². The molecule has 2 nitrogen and oxygen atoms in total. The first-order valence-corrected chi connectivity index (χ1v) is 6.62. The van der Waals surface area contributed by atoms with Crippen LogP contribution in [0.4, 0.5) is 5.69 Å². The van der Waals surface area contributed by atoms with Crippen LogP contribution in [-0.2, 0) is 0 Å². The molecule has 0 bridgehead atoms. The Hall–Kier alpha value is -0.380. The van der Waals surface area contributed by atoms with Gasteiger partial charge < -0.3 is 4.90 Å². The lowest BCUT2D eigenvalue weighted by atomic mass is 10.2. The maximum Gasteiger partial charge on any atom is 0.104 e. The highest BCUT2D eigenvalue weighted by Gasteiger charge is 2.44. The Bertz CT molecular complexity index is 483. The van der Waals surface area contributed by atoms with Crippen LogP contribution in [0.5, 0.6) is 0 Å². The number of benzene rings is 1. The fraction of sp³-hybridized carbons (Fsp3) is 0.364. The lowest BCUT2D eigenvalue weighted by molar-refractivity contribution is 0.742. The van der Waals surface area contributed by atoms with Crippen molar-refractivity contribution < 1.29 is 0 Å². The maximum atomic E-state index is 6.07. The van der Waals surface area contributed by atoms with E-state index in [-0.39, 0.29) is 5.54 Å². The van der Waals surface area contributed by atoms with Crippen molar-refractivity contribution in [3.05, 3.63) is 22.2 Å². The Kier molecular flexibility index (Phi) is 2.39. The highest BCUT2D eigenvalue weighted by atomic mass is 35.5. The van der Waals surface area contributed by atoms with Crippen molar-refractivity contribution in [3.8, 4) is 0 Å². The molecule has 0 N–H and O–H groups in total. The van der Waals surface area contributed by atoms with Gasteiger partial charge in [-0.3, -0.25) is 0 Å². The van der Waals surface area contributed by atoms with E-state index in [9.17, 15) is 0 Å². The molecule has 0 unspecified atom stereocenters. The second kappa shape index (κ2) is 3.56. The van der Waals surface area contributed by atoms with E-state index < -0.39 is 0 Å². The van der Waals surface area contributed by atoms with E-state index in [1.165, 1.54) is 24.8 Å². The summed E-state index contributed by atoms with van der Waals surface area (Å²) >= 11 is 13.5. The molecule has 1 aliphatic carbocycles. The second-order valence-corrected chi connectivity index (χ2v) is 6.06. The summed E-state index contributed by atoms with van der Waals surface area (Å²) in [7, 11) is 0. The summed E-state index contributed by atoms with van der Waals surface area (Å²) in [6, 6.07) is 3.82. The van der Waals surface area contributed by atoms with Gasteiger partial charge in [0.15, 0.2) is 0 Å². The normalized spacial score (nSPS) is 20.8. The van der Waals surface area contributed by atoms with E-state index >= 15 is 0 Å². The average Bonchev–Trinajstić information content (AvgIpc) is 2.99. The van der Waals surface area contributed by atoms with Gasteiger partial charge in [-0.1, -0.05) is 23.2 Å². The molecular formula is C11H10Cl2N2S. The molecule has 1 aromatic carbocycles. The molecule has 0 amide bonds. The van der Waals surface area contributed by atoms with Crippen LogP contribution in [0, 0.1) is 0 Å². The van der Waals surface area contributed by atoms with Gasteiger partial charge in [-0.2, -0.15) is 0 Å². The van der Waals surface area contributed by atoms with E-state index in [0.29, 0.717) is 10.0 Å². The van der Waals surface area contributed by atoms with Gasteiger partial charge in [-0.15, -0.1) is 0 Å². The van der Waals surface area contributed by atoms with Gasteiger partial charge in [-0.25, -0.2) is 4.40 Å². The largest absolute Gasteiger partial charge is 0.325 e. The molecular weight excluding hydrogens is 263 g/mol. The zero-order valence-corrected chi connectivity index (χ0v) is 11.0. The third-order valence-electron chi connectivity index (χ3n) is 3.13. The van der Waals surface area contributed by atoms with Crippen LogP contribution < -0.4 is 4.90 Å². The lowest BCUT2D eigenvalue weighted by Crippen LogP contribution is -2.34. The summed E-state index contributed by atoms with van der Waals surface area (Å²) in [5, 5.41) is 1.19. The summed E-state index contributed by atoms with van der Waals surface area (Å²) in [4.78, 5) is 3.28. The van der Waals surface area contributed by atoms with E-state index in [1.54, 1.807) is 0 Å². The van der Waals surface area contributed by atoms with Crippen molar-refractivity contribution in [1.82, 2.24) is 0 Å². The minimum absolute atomic E-state index is 0.219. The fourth-order valence-electron chi connectivity index (χ4n) is 1.82. The molecule has 5 heteroatoms. The molecule has 0 aromatic heterocycles. The summed E-state index contributed by atoms with van der Waals surface area (Å²) in [6.07, 6.45) is 4.29. The smallest absolute Gasteiger partial charge is 0.104 e. The van der Waals surface area contributed by atoms with Crippen molar-refractivity contribution >= 4 is 47.2 Å². The molecule has 3 rings (SSSR count). The van der Waals surface area contributed by atoms with Crippen LogP contribution in [0.1, 0.15) is 19.8 Å². The molecule has 0 radical (unpaired) electrons. The minimum Gasteiger partial charge on any atom is -0.325 e. The maximum absolute atomic E-state index is 6.07. The summed E-state index contributed by atoms with van der Waals surface area (Å²) in [6.45, 7) is 2.24. The molecule has 1 aliphatic heterocycles. The quantitative estimate of drug-likeness (QED) is 0.705. The summed E-state index contributed by atoms with van der Waals surface area (Å²) in [5.74, 6) is 0. The zero-order chi connectivity index (χ0) is 11.3. The Morgan fingerprint density at radius 2 is 2.00 bits per heavy atom. The van der Waals surface area contributed by atoms with Crippen LogP contribution >= 0.6 is 35.1 Å². The topological polar surface area (TPSA) is 15.6 Å². The van der Waals surface area contributed by atoms with Gasteiger partial charge in [0.05, 0.1) is 20.6 Å². The molecule has 1 fully saturated rings. The van der Waals surface area contributed by atoms with Crippen LogP contribution in [-0.4, -0.2) is 11.9 Å². The summed E-state index contributed by atoms with van der Waals surface area (Å²) in [5.41, 5.74) is 1.34. The zero-order valence-electron chi connectivity index (χ0n) is 8.70. The van der Waals surface area contributed by atoms with Crippen LogP contribution in [0.25, 0.3) is 0 Å². The SMILES string of the molecule is CC1(N2C=NSc3cc(Cl)c(Cl)cc32)CC1. The lowest BCUT2D eigenvalue weighted by Gasteiger charge is -2.31. The highest BCUT2D eigenvalue weighted by Crippen LogP contribution is 2.48. The van der Waals surface area contributed by atoms with Crippen molar-refractivity contribution in [1.29, 1.82) is 0 Å². The molecule has 1 saturated carbocycles. The van der Waals surface area contributed by atoms with Gasteiger partial charge in [-0.05, 0) is 31.9 Å². The molecule has 2 aliphatic rings. The van der Waals surface area contributed by atoms with E-state index in [2.05, 4.69) is 16.2 Å². The first-order chi connectivity index (χ1) is 7.60. The van der Waals surface area contributed by atoms with Gasteiger partial charge in [0.2, 0.25) is 0 Å². The molecule has 1 aromatic rings. The average molecular weight is 273 g/mol. The van der Waals surface area contributed by atoms with Crippen LogP contribution in [0.3, 0.4) is 0 Å². The Balaban J connectivity index is 2.10. The Morgan fingerprint density at radius 1 is 1.31 bits per heavy atom. The molecule has 84 valence electrons. The molecule has 0 atom stereocenters. The standard InChI is InChI=1S/C11H10Cl2N2S/c1-11(2-3-11)15-6-14-16-10-5-8(13)7(12)4-9(10)15/h4-6H,2-3H2,1H3. The molecule has 1 heterocycles. The third-order valence-corrected chi connectivity index (χ3v) is 4.58. The predicted octanol–water partition coefficient (Wildman–Crippen LogP) is 4.40. The van der Waals surface area contributed by atoms with Gasteiger partial charge in [0.25, 0.3) is 0 Å². The molecule has 0 saturated heterocycles. The Labute approximate surface area is 109 Å². The number of fused-ring (bicyclic) bond motifs is 1. The van der Waals surface area contributed by atoms with Crippen molar-refractivity contribution in [2.75, 3.05) is 4.90 Å². The fourth-order valence-corrected chi connectivity index (χ4v) is 2.88. The van der Waals surface area contributed by atoms with Crippen molar-refractivity contribution in [2.45, 2.75) is 30.2 Å². The monoisotopic (exact) mass is 272 g/mol. The second-order valence-electron chi connectivity index (χ2n) is 4.41. The van der Waals surface area contributed by atoms with Crippen LogP contribution in [0.2, 0.25) is 10.0 Å². The number of hydrogen-bond donors (Lipinski definition) is 0. The van der Waals surface area contributed by atoms with Gasteiger partial charge in [0, 0.05) is 17.5 Å². The number of rotatable bonds is 1. The number of anilines is 1. The molecule has 16 heavy (non-hydrogen) atoms. The van der Waals surface area contributed by atoms with Gasteiger partial charge in [0.1, 0.15) is 6.34 Å². The van der Waals surface area contributed by atoms with Crippen molar-refractivity contribution in [2.24, 2.45) is 4.40 Å². The van der Waals surface area contributed by atoms with Crippen LogP contribution in [0.15, 0.2) is 21.4 Å². The first kappa shape index (κ1) is 10.8. The highest BCUT2D eigenvalue weighted by molar-refractivity contribution is 7.98. The van der Waals surface area contributed by atoms with E-state index in [4.69, 9.17) is 23.2 Å². The van der Waals surface area contributed by atoms with E-state index in [0.717, 1.165) is 10.6 Å². The van der Waals surface area contributed by atoms with Gasteiger partial charge >= 0.3 is 0 Å².